The van der Waals surface area contributed by atoms with Crippen molar-refractivity contribution in [3.63, 3.8) is 0 Å². The van der Waals surface area contributed by atoms with Crippen LogP contribution in [0.15, 0.2) is 12.4 Å². The summed E-state index contributed by atoms with van der Waals surface area (Å²) in [5.41, 5.74) is 7.74. The average molecular weight is 301 g/mol. The predicted octanol–water partition coefficient (Wildman–Crippen LogP) is 2.62. The molecule has 0 aromatic carbocycles. The van der Waals surface area contributed by atoms with Gasteiger partial charge in [-0.15, -0.1) is 12.4 Å². The summed E-state index contributed by atoms with van der Waals surface area (Å²) in [7, 11) is 0. The van der Waals surface area contributed by atoms with Crippen LogP contribution in [-0.4, -0.2) is 33.8 Å². The molecule has 1 aliphatic heterocycles. The molecule has 0 aliphatic carbocycles. The quantitative estimate of drug-likeness (QED) is 0.913. The number of nitrogens with zero attached hydrogens (tertiary/aromatic N) is 3. The molecule has 1 aromatic heterocycles. The van der Waals surface area contributed by atoms with Gasteiger partial charge >= 0.3 is 0 Å². The molecule has 0 amide bonds. The molecular weight excluding hydrogens is 272 g/mol. The van der Waals surface area contributed by atoms with Crippen molar-refractivity contribution in [1.29, 1.82) is 0 Å². The van der Waals surface area contributed by atoms with Gasteiger partial charge < -0.3 is 5.73 Å². The summed E-state index contributed by atoms with van der Waals surface area (Å²) in [4.78, 5) is 2.49. The highest BCUT2D eigenvalue weighted by Crippen LogP contribution is 2.28. The zero-order valence-electron chi connectivity index (χ0n) is 13.4. The van der Waals surface area contributed by atoms with Gasteiger partial charge in [0.25, 0.3) is 0 Å². The molecule has 1 unspecified atom stereocenters. The Kier molecular flexibility index (Phi) is 5.28. The van der Waals surface area contributed by atoms with Crippen LogP contribution in [0.2, 0.25) is 0 Å². The summed E-state index contributed by atoms with van der Waals surface area (Å²) in [6, 6.07) is 0.320. The SMILES string of the molecule is CC1(C)CN(Cc2cnn(C(C)(C)C)c2)CCC1N.Cl. The van der Waals surface area contributed by atoms with Crippen molar-refractivity contribution in [1.82, 2.24) is 14.7 Å². The largest absolute Gasteiger partial charge is 0.327 e. The van der Waals surface area contributed by atoms with E-state index < -0.39 is 0 Å². The van der Waals surface area contributed by atoms with Crippen LogP contribution in [0.5, 0.6) is 0 Å². The molecule has 1 saturated heterocycles. The van der Waals surface area contributed by atoms with Crippen LogP contribution in [0, 0.1) is 5.41 Å². The monoisotopic (exact) mass is 300 g/mol. The maximum Gasteiger partial charge on any atom is 0.0543 e. The first-order valence-electron chi connectivity index (χ1n) is 7.20. The molecule has 1 aliphatic rings. The topological polar surface area (TPSA) is 47.1 Å². The van der Waals surface area contributed by atoms with Gasteiger partial charge in [0.05, 0.1) is 11.7 Å². The van der Waals surface area contributed by atoms with Crippen LogP contribution >= 0.6 is 12.4 Å². The number of aromatic nitrogens is 2. The van der Waals surface area contributed by atoms with E-state index in [9.17, 15) is 0 Å². The average Bonchev–Trinajstić information content (AvgIpc) is 2.71. The third kappa shape index (κ3) is 3.96. The van der Waals surface area contributed by atoms with Crippen LogP contribution in [0.3, 0.4) is 0 Å². The second kappa shape index (κ2) is 6.04. The van der Waals surface area contributed by atoms with E-state index in [-0.39, 0.29) is 23.4 Å². The lowest BCUT2D eigenvalue weighted by Gasteiger charge is -2.42. The fourth-order valence-electron chi connectivity index (χ4n) is 2.69. The van der Waals surface area contributed by atoms with E-state index in [0.29, 0.717) is 6.04 Å². The molecule has 116 valence electrons. The molecule has 1 aromatic rings. The molecule has 2 N–H and O–H groups in total. The molecule has 0 spiro atoms. The fourth-order valence-corrected chi connectivity index (χ4v) is 2.69. The lowest BCUT2D eigenvalue weighted by Crippen LogP contribution is -2.52. The Morgan fingerprint density at radius 1 is 1.40 bits per heavy atom. The second-order valence-corrected chi connectivity index (χ2v) is 7.56. The van der Waals surface area contributed by atoms with E-state index in [2.05, 4.69) is 50.8 Å². The number of piperidine rings is 1. The maximum absolute atomic E-state index is 6.19. The molecular formula is C15H29ClN4. The lowest BCUT2D eigenvalue weighted by molar-refractivity contribution is 0.0898. The standard InChI is InChI=1S/C15H28N4.ClH/c1-14(2,3)19-10-12(8-17-19)9-18-7-6-13(16)15(4,5)11-18;/h8,10,13H,6-7,9,11,16H2,1-5H3;1H. The van der Waals surface area contributed by atoms with Gasteiger partial charge in [-0.05, 0) is 32.6 Å². The summed E-state index contributed by atoms with van der Waals surface area (Å²) in [6.45, 7) is 14.2. The van der Waals surface area contributed by atoms with E-state index in [1.165, 1.54) is 5.56 Å². The van der Waals surface area contributed by atoms with Crippen LogP contribution in [0.1, 0.15) is 46.6 Å². The van der Waals surface area contributed by atoms with E-state index >= 15 is 0 Å². The fraction of sp³-hybridized carbons (Fsp3) is 0.800. The van der Waals surface area contributed by atoms with E-state index in [1.54, 1.807) is 0 Å². The zero-order valence-corrected chi connectivity index (χ0v) is 14.2. The van der Waals surface area contributed by atoms with Crippen molar-refractivity contribution in [3.05, 3.63) is 18.0 Å². The third-order valence-electron chi connectivity index (χ3n) is 4.12. The highest BCUT2D eigenvalue weighted by molar-refractivity contribution is 5.85. The smallest absolute Gasteiger partial charge is 0.0543 e. The normalized spacial score (nSPS) is 23.4. The van der Waals surface area contributed by atoms with Gasteiger partial charge in [0.1, 0.15) is 0 Å². The van der Waals surface area contributed by atoms with E-state index in [4.69, 9.17) is 5.73 Å². The van der Waals surface area contributed by atoms with Crippen molar-refractivity contribution in [3.8, 4) is 0 Å². The van der Waals surface area contributed by atoms with Gasteiger partial charge in [0.15, 0.2) is 0 Å². The summed E-state index contributed by atoms with van der Waals surface area (Å²) in [5.74, 6) is 0. The van der Waals surface area contributed by atoms with Crippen LogP contribution < -0.4 is 5.73 Å². The Balaban J connectivity index is 0.00000200. The predicted molar refractivity (Wildman–Crippen MR) is 86.1 cm³/mol. The molecule has 0 bridgehead atoms. The Bertz CT molecular complexity index is 433. The summed E-state index contributed by atoms with van der Waals surface area (Å²) in [6.07, 6.45) is 5.24. The van der Waals surface area contributed by atoms with E-state index in [0.717, 1.165) is 26.1 Å². The molecule has 4 nitrogen and oxygen atoms in total. The minimum atomic E-state index is 0. The lowest BCUT2D eigenvalue weighted by atomic mass is 9.79. The Labute approximate surface area is 129 Å². The first kappa shape index (κ1) is 17.5. The number of halogens is 1. The Hall–Kier alpha value is -0.580. The van der Waals surface area contributed by atoms with Crippen molar-refractivity contribution in [2.75, 3.05) is 13.1 Å². The number of rotatable bonds is 2. The maximum atomic E-state index is 6.19. The molecule has 0 saturated carbocycles. The van der Waals surface area contributed by atoms with Crippen molar-refractivity contribution in [2.45, 2.75) is 59.2 Å². The number of likely N-dealkylation sites (tertiary alicyclic amines) is 1. The number of hydrogen-bond acceptors (Lipinski definition) is 3. The van der Waals surface area contributed by atoms with Crippen LogP contribution in [0.25, 0.3) is 0 Å². The van der Waals surface area contributed by atoms with Crippen LogP contribution in [0.4, 0.5) is 0 Å². The van der Waals surface area contributed by atoms with Crippen molar-refractivity contribution < 1.29 is 0 Å². The molecule has 5 heteroatoms. The number of hydrogen-bond donors (Lipinski definition) is 1. The molecule has 2 rings (SSSR count). The summed E-state index contributed by atoms with van der Waals surface area (Å²) < 4.78 is 2.04. The van der Waals surface area contributed by atoms with Gasteiger partial charge in [-0.3, -0.25) is 9.58 Å². The van der Waals surface area contributed by atoms with Gasteiger partial charge in [-0.1, -0.05) is 13.8 Å². The van der Waals surface area contributed by atoms with E-state index in [1.807, 2.05) is 10.9 Å². The Morgan fingerprint density at radius 3 is 2.55 bits per heavy atom. The van der Waals surface area contributed by atoms with Gasteiger partial charge in [0.2, 0.25) is 0 Å². The second-order valence-electron chi connectivity index (χ2n) is 7.56. The van der Waals surface area contributed by atoms with Gasteiger partial charge in [-0.2, -0.15) is 5.10 Å². The highest BCUT2D eigenvalue weighted by Gasteiger charge is 2.33. The molecule has 1 fully saturated rings. The third-order valence-corrected chi connectivity index (χ3v) is 4.12. The zero-order chi connectivity index (χ0) is 14.3. The Morgan fingerprint density at radius 2 is 2.05 bits per heavy atom. The van der Waals surface area contributed by atoms with Crippen LogP contribution in [-0.2, 0) is 12.1 Å². The molecule has 2 heterocycles. The molecule has 1 atom stereocenters. The molecule has 20 heavy (non-hydrogen) atoms. The summed E-state index contributed by atoms with van der Waals surface area (Å²) >= 11 is 0. The minimum absolute atomic E-state index is 0. The van der Waals surface area contributed by atoms with Gasteiger partial charge in [-0.25, -0.2) is 0 Å². The summed E-state index contributed by atoms with van der Waals surface area (Å²) in [5, 5.41) is 4.47. The van der Waals surface area contributed by atoms with Crippen molar-refractivity contribution in [2.24, 2.45) is 11.1 Å². The first-order valence-corrected chi connectivity index (χ1v) is 7.20. The van der Waals surface area contributed by atoms with Gasteiger partial charge in [0, 0.05) is 37.4 Å². The molecule has 0 radical (unpaired) electrons. The first-order chi connectivity index (χ1) is 8.68. The highest BCUT2D eigenvalue weighted by atomic mass is 35.5. The van der Waals surface area contributed by atoms with Crippen molar-refractivity contribution >= 4 is 12.4 Å². The minimum Gasteiger partial charge on any atom is -0.327 e. The number of nitrogens with two attached hydrogens (primary N) is 1.